The Kier molecular flexibility index (Phi) is 5.26. The first-order chi connectivity index (χ1) is 20.8. The Morgan fingerprint density at radius 1 is 0.476 bits per heavy atom. The third-order valence-corrected chi connectivity index (χ3v) is 10.1. The SMILES string of the molecule is c1cc(-c2cccc(-c3cccc4sc5ccccc5c34)c2)cc(-c2cccc3c4c([nH]c23)-c2ccccc2CC4)c1. The van der Waals surface area contributed by atoms with Crippen LogP contribution in [0.15, 0.2) is 133 Å². The fraction of sp³-hybridized carbons (Fsp3) is 0.0500. The van der Waals surface area contributed by atoms with E-state index in [9.17, 15) is 0 Å². The van der Waals surface area contributed by atoms with Crippen LogP contribution in [0.4, 0.5) is 0 Å². The summed E-state index contributed by atoms with van der Waals surface area (Å²) in [4.78, 5) is 3.86. The monoisotopic (exact) mass is 553 g/mol. The van der Waals surface area contributed by atoms with Crippen LogP contribution in [-0.2, 0) is 12.8 Å². The van der Waals surface area contributed by atoms with Gasteiger partial charge in [0.15, 0.2) is 0 Å². The number of fused-ring (bicyclic) bond motifs is 8. The van der Waals surface area contributed by atoms with Crippen molar-refractivity contribution in [3.05, 3.63) is 145 Å². The van der Waals surface area contributed by atoms with Crippen LogP contribution in [0.25, 0.3) is 75.7 Å². The molecule has 0 amide bonds. The topological polar surface area (TPSA) is 15.8 Å². The number of aromatic nitrogens is 1. The van der Waals surface area contributed by atoms with E-state index < -0.39 is 0 Å². The highest BCUT2D eigenvalue weighted by Crippen LogP contribution is 2.42. The predicted octanol–water partition coefficient (Wildman–Crippen LogP) is 11.3. The van der Waals surface area contributed by atoms with Crippen molar-refractivity contribution >= 4 is 42.4 Å². The smallest absolute Gasteiger partial charge is 0.0541 e. The van der Waals surface area contributed by atoms with Crippen LogP contribution in [0.2, 0.25) is 0 Å². The number of thiophene rings is 1. The maximum atomic E-state index is 3.86. The van der Waals surface area contributed by atoms with Crippen LogP contribution in [0.5, 0.6) is 0 Å². The molecule has 1 aliphatic rings. The Balaban J connectivity index is 1.16. The van der Waals surface area contributed by atoms with Gasteiger partial charge in [-0.1, -0.05) is 109 Å². The Bertz CT molecular complexity index is 2320. The van der Waals surface area contributed by atoms with Gasteiger partial charge in [-0.3, -0.25) is 0 Å². The molecule has 0 atom stereocenters. The number of benzene rings is 6. The number of hydrogen-bond acceptors (Lipinski definition) is 1. The van der Waals surface area contributed by atoms with Gasteiger partial charge in [-0.25, -0.2) is 0 Å². The standard InChI is InChI=1S/C40H27NS/c1-2-14-31-25(9-1)21-22-34-33-18-7-17-32(40(33)41-39(31)34)29-13-6-11-27(24-29)26-10-5-12-28(23-26)30-16-8-20-37-38(30)35-15-3-4-19-36(35)42-37/h1-20,23-24,41H,21-22H2. The molecule has 0 saturated carbocycles. The zero-order chi connectivity index (χ0) is 27.6. The molecular weight excluding hydrogens is 527 g/mol. The van der Waals surface area contributed by atoms with Gasteiger partial charge < -0.3 is 4.98 Å². The average Bonchev–Trinajstić information content (AvgIpc) is 3.64. The van der Waals surface area contributed by atoms with Crippen molar-refractivity contribution in [2.45, 2.75) is 12.8 Å². The van der Waals surface area contributed by atoms with Gasteiger partial charge >= 0.3 is 0 Å². The Morgan fingerprint density at radius 3 is 1.98 bits per heavy atom. The fourth-order valence-electron chi connectivity index (χ4n) is 6.99. The third kappa shape index (κ3) is 3.62. The number of para-hydroxylation sites is 1. The van der Waals surface area contributed by atoms with Crippen molar-refractivity contribution < 1.29 is 0 Å². The van der Waals surface area contributed by atoms with Crippen molar-refractivity contribution in [2.24, 2.45) is 0 Å². The molecule has 198 valence electrons. The number of H-pyrrole nitrogens is 1. The van der Waals surface area contributed by atoms with Crippen LogP contribution in [0, 0.1) is 0 Å². The van der Waals surface area contributed by atoms with Crippen molar-refractivity contribution in [2.75, 3.05) is 0 Å². The lowest BCUT2D eigenvalue weighted by molar-refractivity contribution is 0.948. The van der Waals surface area contributed by atoms with Gasteiger partial charge in [-0.15, -0.1) is 11.3 Å². The second-order valence-electron chi connectivity index (χ2n) is 11.3. The van der Waals surface area contributed by atoms with E-state index in [0.29, 0.717) is 0 Å². The second kappa shape index (κ2) is 9.30. The third-order valence-electron chi connectivity index (χ3n) is 8.96. The summed E-state index contributed by atoms with van der Waals surface area (Å²) in [7, 11) is 0. The van der Waals surface area contributed by atoms with Gasteiger partial charge in [-0.2, -0.15) is 0 Å². The van der Waals surface area contributed by atoms with Gasteiger partial charge in [0, 0.05) is 42.4 Å². The lowest BCUT2D eigenvalue weighted by Crippen LogP contribution is -2.02. The first kappa shape index (κ1) is 23.8. The molecule has 2 aromatic heterocycles. The predicted molar refractivity (Wildman–Crippen MR) is 180 cm³/mol. The van der Waals surface area contributed by atoms with Crippen molar-refractivity contribution in [3.8, 4) is 44.6 Å². The normalized spacial score (nSPS) is 12.6. The average molecular weight is 554 g/mol. The van der Waals surface area contributed by atoms with Crippen LogP contribution in [0.3, 0.4) is 0 Å². The number of aromatic amines is 1. The van der Waals surface area contributed by atoms with E-state index in [2.05, 4.69) is 138 Å². The van der Waals surface area contributed by atoms with Gasteiger partial charge in [-0.05, 0) is 76.1 Å². The van der Waals surface area contributed by atoms with Crippen LogP contribution >= 0.6 is 11.3 Å². The van der Waals surface area contributed by atoms with Crippen LogP contribution in [-0.4, -0.2) is 4.98 Å². The van der Waals surface area contributed by atoms with E-state index in [-0.39, 0.29) is 0 Å². The summed E-state index contributed by atoms with van der Waals surface area (Å²) in [5, 5.41) is 4.04. The molecule has 0 saturated heterocycles. The lowest BCUT2D eigenvalue weighted by atomic mass is 9.89. The summed E-state index contributed by atoms with van der Waals surface area (Å²) in [5.41, 5.74) is 14.3. The quantitative estimate of drug-likeness (QED) is 0.224. The van der Waals surface area contributed by atoms with E-state index in [4.69, 9.17) is 0 Å². The molecule has 2 heterocycles. The molecule has 6 aromatic carbocycles. The van der Waals surface area contributed by atoms with Crippen LogP contribution in [0.1, 0.15) is 11.1 Å². The summed E-state index contributed by atoms with van der Waals surface area (Å²) in [6, 6.07) is 49.1. The highest BCUT2D eigenvalue weighted by molar-refractivity contribution is 7.25. The van der Waals surface area contributed by atoms with E-state index >= 15 is 0 Å². The Labute approximate surface area is 248 Å². The first-order valence-corrected chi connectivity index (χ1v) is 15.5. The summed E-state index contributed by atoms with van der Waals surface area (Å²) in [6.07, 6.45) is 2.18. The van der Waals surface area contributed by atoms with Gasteiger partial charge in [0.25, 0.3) is 0 Å². The molecule has 9 rings (SSSR count). The minimum atomic E-state index is 1.08. The highest BCUT2D eigenvalue weighted by Gasteiger charge is 2.21. The summed E-state index contributed by atoms with van der Waals surface area (Å²) >= 11 is 1.87. The molecule has 0 radical (unpaired) electrons. The van der Waals surface area contributed by atoms with Gasteiger partial charge in [0.05, 0.1) is 5.52 Å². The molecule has 1 N–H and O–H groups in total. The molecule has 0 fully saturated rings. The largest absolute Gasteiger partial charge is 0.354 e. The van der Waals surface area contributed by atoms with Crippen molar-refractivity contribution in [1.29, 1.82) is 0 Å². The molecule has 1 aliphatic carbocycles. The van der Waals surface area contributed by atoms with E-state index in [1.165, 1.54) is 86.8 Å². The van der Waals surface area contributed by atoms with E-state index in [1.54, 1.807) is 0 Å². The highest BCUT2D eigenvalue weighted by atomic mass is 32.1. The van der Waals surface area contributed by atoms with E-state index in [0.717, 1.165) is 12.8 Å². The van der Waals surface area contributed by atoms with Crippen molar-refractivity contribution in [3.63, 3.8) is 0 Å². The first-order valence-electron chi connectivity index (χ1n) is 14.7. The van der Waals surface area contributed by atoms with Gasteiger partial charge in [0.1, 0.15) is 0 Å². The maximum absolute atomic E-state index is 3.86. The number of nitrogens with one attached hydrogen (secondary N) is 1. The molecule has 42 heavy (non-hydrogen) atoms. The molecule has 0 unspecified atom stereocenters. The molecular formula is C40H27NS. The summed E-state index contributed by atoms with van der Waals surface area (Å²) in [5.74, 6) is 0. The number of hydrogen-bond donors (Lipinski definition) is 1. The Hall–Kier alpha value is -4.92. The van der Waals surface area contributed by atoms with Crippen LogP contribution < -0.4 is 0 Å². The molecule has 0 bridgehead atoms. The van der Waals surface area contributed by atoms with E-state index in [1.807, 2.05) is 11.3 Å². The molecule has 0 aliphatic heterocycles. The minimum Gasteiger partial charge on any atom is -0.354 e. The lowest BCUT2D eigenvalue weighted by Gasteiger charge is -2.16. The zero-order valence-electron chi connectivity index (χ0n) is 23.0. The molecule has 1 nitrogen and oxygen atoms in total. The molecule has 8 aromatic rings. The summed E-state index contributed by atoms with van der Waals surface area (Å²) < 4.78 is 2.68. The fourth-order valence-corrected chi connectivity index (χ4v) is 8.13. The molecule has 2 heteroatoms. The van der Waals surface area contributed by atoms with Crippen molar-refractivity contribution in [1.82, 2.24) is 4.98 Å². The van der Waals surface area contributed by atoms with Gasteiger partial charge in [0.2, 0.25) is 0 Å². The minimum absolute atomic E-state index is 1.08. The number of aryl methyl sites for hydroxylation is 2. The summed E-state index contributed by atoms with van der Waals surface area (Å²) in [6.45, 7) is 0. The Morgan fingerprint density at radius 2 is 1.10 bits per heavy atom. The zero-order valence-corrected chi connectivity index (χ0v) is 23.8. The second-order valence-corrected chi connectivity index (χ2v) is 12.4. The molecule has 0 spiro atoms. The maximum Gasteiger partial charge on any atom is 0.0541 e. The number of rotatable bonds is 3.